The Labute approximate surface area is 185 Å². The third-order valence-electron chi connectivity index (χ3n) is 4.55. The Kier molecular flexibility index (Phi) is 7.02. The third kappa shape index (κ3) is 5.02. The number of carbonyl (C=O) groups excluding carboxylic acids is 1. The number of nitrogens with one attached hydrogen (secondary N) is 2. The minimum absolute atomic E-state index is 0.253. The maximum atomic E-state index is 12.4. The van der Waals surface area contributed by atoms with E-state index in [1.807, 2.05) is 6.07 Å². The van der Waals surface area contributed by atoms with Crippen LogP contribution in [0.2, 0.25) is 0 Å². The molecule has 2 aromatic carbocycles. The normalized spacial score (nSPS) is 11.1. The third-order valence-corrected chi connectivity index (χ3v) is 4.55. The SMILES string of the molecule is COc1cc(Nc2ncc(C(C)NC(=O)c3cccc(C#N)c3)nn2)cc(OC)c1OC. The van der Waals surface area contributed by atoms with Crippen LogP contribution in [-0.4, -0.2) is 42.4 Å². The molecule has 1 unspecified atom stereocenters. The highest BCUT2D eigenvalue weighted by Crippen LogP contribution is 2.40. The molecular formula is C22H22N6O4. The molecule has 0 spiro atoms. The Morgan fingerprint density at radius 1 is 1.06 bits per heavy atom. The number of benzene rings is 2. The largest absolute Gasteiger partial charge is 0.493 e. The first-order valence-corrected chi connectivity index (χ1v) is 9.56. The molecule has 0 aliphatic carbocycles. The number of hydrogen-bond acceptors (Lipinski definition) is 9. The van der Waals surface area contributed by atoms with E-state index in [4.69, 9.17) is 19.5 Å². The highest BCUT2D eigenvalue weighted by atomic mass is 16.5. The van der Waals surface area contributed by atoms with Crippen molar-refractivity contribution >= 4 is 17.5 Å². The van der Waals surface area contributed by atoms with Crippen molar-refractivity contribution in [1.29, 1.82) is 5.26 Å². The second-order valence-corrected chi connectivity index (χ2v) is 6.63. The molecule has 3 rings (SSSR count). The summed E-state index contributed by atoms with van der Waals surface area (Å²) < 4.78 is 16.0. The average molecular weight is 434 g/mol. The van der Waals surface area contributed by atoms with Crippen molar-refractivity contribution in [3.63, 3.8) is 0 Å². The van der Waals surface area contributed by atoms with Crippen molar-refractivity contribution in [3.05, 3.63) is 59.4 Å². The van der Waals surface area contributed by atoms with Gasteiger partial charge in [-0.3, -0.25) is 4.79 Å². The van der Waals surface area contributed by atoms with Crippen LogP contribution in [0.15, 0.2) is 42.6 Å². The molecule has 3 aromatic rings. The van der Waals surface area contributed by atoms with Gasteiger partial charge in [-0.15, -0.1) is 10.2 Å². The molecule has 164 valence electrons. The van der Waals surface area contributed by atoms with Crippen LogP contribution in [0.25, 0.3) is 0 Å². The molecule has 1 aromatic heterocycles. The van der Waals surface area contributed by atoms with E-state index in [-0.39, 0.29) is 11.9 Å². The van der Waals surface area contributed by atoms with Crippen molar-refractivity contribution in [2.24, 2.45) is 0 Å². The number of methoxy groups -OCH3 is 3. The molecule has 1 amide bonds. The molecular weight excluding hydrogens is 412 g/mol. The average Bonchev–Trinajstić information content (AvgIpc) is 2.83. The van der Waals surface area contributed by atoms with E-state index in [1.54, 1.807) is 37.3 Å². The van der Waals surface area contributed by atoms with Gasteiger partial charge in [0.1, 0.15) is 5.69 Å². The van der Waals surface area contributed by atoms with Crippen molar-refractivity contribution in [2.45, 2.75) is 13.0 Å². The summed E-state index contributed by atoms with van der Waals surface area (Å²) in [6, 6.07) is 11.5. The van der Waals surface area contributed by atoms with E-state index in [1.165, 1.54) is 33.6 Å². The van der Waals surface area contributed by atoms with Crippen LogP contribution in [0.5, 0.6) is 17.2 Å². The summed E-state index contributed by atoms with van der Waals surface area (Å²) in [6.45, 7) is 1.77. The van der Waals surface area contributed by atoms with Gasteiger partial charge < -0.3 is 24.8 Å². The Balaban J connectivity index is 1.71. The first-order chi connectivity index (χ1) is 15.5. The van der Waals surface area contributed by atoms with Gasteiger partial charge in [0.15, 0.2) is 11.5 Å². The lowest BCUT2D eigenvalue weighted by Crippen LogP contribution is -2.27. The molecule has 10 heteroatoms. The number of anilines is 2. The van der Waals surface area contributed by atoms with Crippen LogP contribution in [0.3, 0.4) is 0 Å². The van der Waals surface area contributed by atoms with Crippen LogP contribution >= 0.6 is 0 Å². The van der Waals surface area contributed by atoms with Gasteiger partial charge in [0.25, 0.3) is 5.91 Å². The van der Waals surface area contributed by atoms with E-state index in [0.717, 1.165) is 0 Å². The minimum atomic E-state index is -0.441. The first-order valence-electron chi connectivity index (χ1n) is 9.56. The lowest BCUT2D eigenvalue weighted by molar-refractivity contribution is 0.0939. The summed E-state index contributed by atoms with van der Waals surface area (Å²) in [5, 5.41) is 23.1. The van der Waals surface area contributed by atoms with E-state index < -0.39 is 6.04 Å². The summed E-state index contributed by atoms with van der Waals surface area (Å²) >= 11 is 0. The number of carbonyl (C=O) groups is 1. The monoisotopic (exact) mass is 434 g/mol. The number of nitriles is 1. The minimum Gasteiger partial charge on any atom is -0.493 e. The second-order valence-electron chi connectivity index (χ2n) is 6.63. The first kappa shape index (κ1) is 22.3. The second kappa shape index (κ2) is 10.1. The molecule has 1 heterocycles. The van der Waals surface area contributed by atoms with Gasteiger partial charge in [-0.1, -0.05) is 6.07 Å². The fourth-order valence-corrected chi connectivity index (χ4v) is 2.91. The molecule has 0 fully saturated rings. The summed E-state index contributed by atoms with van der Waals surface area (Å²) in [5.74, 6) is 1.37. The van der Waals surface area contributed by atoms with Crippen molar-refractivity contribution in [2.75, 3.05) is 26.6 Å². The van der Waals surface area contributed by atoms with Crippen LogP contribution < -0.4 is 24.8 Å². The zero-order valence-electron chi connectivity index (χ0n) is 18.0. The zero-order chi connectivity index (χ0) is 23.1. The van der Waals surface area contributed by atoms with Crippen LogP contribution in [-0.2, 0) is 0 Å². The van der Waals surface area contributed by atoms with Crippen molar-refractivity contribution in [1.82, 2.24) is 20.5 Å². The number of nitrogens with zero attached hydrogens (tertiary/aromatic N) is 4. The predicted molar refractivity (Wildman–Crippen MR) is 116 cm³/mol. The Morgan fingerprint density at radius 2 is 1.78 bits per heavy atom. The van der Waals surface area contributed by atoms with Gasteiger partial charge in [0, 0.05) is 23.4 Å². The quantitative estimate of drug-likeness (QED) is 0.549. The number of hydrogen-bond donors (Lipinski definition) is 2. The number of amides is 1. The number of rotatable bonds is 8. The van der Waals surface area contributed by atoms with Gasteiger partial charge in [0.2, 0.25) is 11.7 Å². The van der Waals surface area contributed by atoms with Crippen molar-refractivity contribution < 1.29 is 19.0 Å². The summed E-state index contributed by atoms with van der Waals surface area (Å²) in [4.78, 5) is 16.7. The molecule has 10 nitrogen and oxygen atoms in total. The molecule has 0 saturated heterocycles. The highest BCUT2D eigenvalue weighted by Gasteiger charge is 2.16. The van der Waals surface area contributed by atoms with Crippen LogP contribution in [0.4, 0.5) is 11.6 Å². The molecule has 0 saturated carbocycles. The topological polar surface area (TPSA) is 131 Å². The zero-order valence-corrected chi connectivity index (χ0v) is 18.0. The Hall–Kier alpha value is -4.39. The van der Waals surface area contributed by atoms with Crippen LogP contribution in [0, 0.1) is 11.3 Å². The van der Waals surface area contributed by atoms with Gasteiger partial charge in [-0.25, -0.2) is 4.98 Å². The molecule has 1 atom stereocenters. The molecule has 32 heavy (non-hydrogen) atoms. The maximum Gasteiger partial charge on any atom is 0.251 e. The Morgan fingerprint density at radius 3 is 2.34 bits per heavy atom. The van der Waals surface area contributed by atoms with E-state index in [9.17, 15) is 4.79 Å². The summed E-state index contributed by atoms with van der Waals surface area (Å²) in [6.07, 6.45) is 1.52. The molecule has 0 radical (unpaired) electrons. The fourth-order valence-electron chi connectivity index (χ4n) is 2.91. The number of aromatic nitrogens is 3. The van der Waals surface area contributed by atoms with E-state index in [2.05, 4.69) is 25.8 Å². The fraction of sp³-hybridized carbons (Fsp3) is 0.227. The van der Waals surface area contributed by atoms with Gasteiger partial charge >= 0.3 is 0 Å². The molecule has 2 N–H and O–H groups in total. The van der Waals surface area contributed by atoms with E-state index >= 15 is 0 Å². The lowest BCUT2D eigenvalue weighted by Gasteiger charge is -2.15. The van der Waals surface area contributed by atoms with E-state index in [0.29, 0.717) is 39.8 Å². The smallest absolute Gasteiger partial charge is 0.251 e. The number of ether oxygens (including phenoxy) is 3. The van der Waals surface area contributed by atoms with Gasteiger partial charge in [-0.05, 0) is 25.1 Å². The molecule has 0 aliphatic rings. The lowest BCUT2D eigenvalue weighted by atomic mass is 10.1. The molecule has 0 bridgehead atoms. The highest BCUT2D eigenvalue weighted by molar-refractivity contribution is 5.94. The summed E-state index contributed by atoms with van der Waals surface area (Å²) in [5.41, 5.74) is 1.89. The molecule has 0 aliphatic heterocycles. The van der Waals surface area contributed by atoms with Gasteiger partial charge in [0.05, 0.1) is 45.2 Å². The van der Waals surface area contributed by atoms with Crippen LogP contribution in [0.1, 0.15) is 34.6 Å². The maximum absolute atomic E-state index is 12.4. The van der Waals surface area contributed by atoms with Crippen molar-refractivity contribution in [3.8, 4) is 23.3 Å². The van der Waals surface area contributed by atoms with Gasteiger partial charge in [-0.2, -0.15) is 5.26 Å². The Bertz CT molecular complexity index is 1120. The standard InChI is InChI=1S/C22H22N6O4/c1-13(25-21(29)15-7-5-6-14(8-15)11-23)17-12-24-22(28-27-17)26-16-9-18(30-2)20(32-4)19(10-16)31-3/h5-10,12-13H,1-4H3,(H,25,29)(H,24,26,28). The summed E-state index contributed by atoms with van der Waals surface area (Å²) in [7, 11) is 4.58. The predicted octanol–water partition coefficient (Wildman–Crippen LogP) is 3.00.